The fourth-order valence-electron chi connectivity index (χ4n) is 2.45. The second-order valence-corrected chi connectivity index (χ2v) is 5.30. The second kappa shape index (κ2) is 9.13. The average molecular weight is 266 g/mol. The van der Waals surface area contributed by atoms with Gasteiger partial charge in [-0.05, 0) is 25.8 Å². The zero-order valence-electron chi connectivity index (χ0n) is 12.9. The van der Waals surface area contributed by atoms with Crippen molar-refractivity contribution in [2.45, 2.75) is 84.8 Å². The van der Waals surface area contributed by atoms with Crippen LogP contribution >= 0.6 is 0 Å². The van der Waals surface area contributed by atoms with Crippen LogP contribution in [0.25, 0.3) is 0 Å². The molecule has 1 heterocycles. The zero-order valence-corrected chi connectivity index (χ0v) is 12.9. The zero-order chi connectivity index (χ0) is 14.1. The van der Waals surface area contributed by atoms with Gasteiger partial charge in [0.2, 0.25) is 0 Å². The Hall–Kier alpha value is -0.830. The Labute approximate surface area is 118 Å². The van der Waals surface area contributed by atoms with Crippen molar-refractivity contribution in [1.82, 2.24) is 9.78 Å². The summed E-state index contributed by atoms with van der Waals surface area (Å²) in [6.45, 7) is 7.25. The van der Waals surface area contributed by atoms with E-state index in [1.807, 2.05) is 4.68 Å². The first kappa shape index (κ1) is 16.2. The Morgan fingerprint density at radius 1 is 1.11 bits per heavy atom. The molecule has 19 heavy (non-hydrogen) atoms. The summed E-state index contributed by atoms with van der Waals surface area (Å²) in [5.74, 6) is 0. The van der Waals surface area contributed by atoms with Crippen LogP contribution in [0.3, 0.4) is 0 Å². The summed E-state index contributed by atoms with van der Waals surface area (Å²) in [5, 5.41) is 14.8. The lowest BCUT2D eigenvalue weighted by atomic mass is 10.1. The molecule has 1 atom stereocenters. The molecule has 0 amide bonds. The lowest BCUT2D eigenvalue weighted by Gasteiger charge is -2.12. The van der Waals surface area contributed by atoms with Crippen molar-refractivity contribution in [3.05, 3.63) is 17.5 Å². The first-order chi connectivity index (χ1) is 9.22. The average Bonchev–Trinajstić information content (AvgIpc) is 2.86. The van der Waals surface area contributed by atoms with Crippen molar-refractivity contribution in [1.29, 1.82) is 0 Å². The topological polar surface area (TPSA) is 38.1 Å². The lowest BCUT2D eigenvalue weighted by molar-refractivity contribution is 0.152. The van der Waals surface area contributed by atoms with Crippen LogP contribution in [0.15, 0.2) is 6.07 Å². The third-order valence-corrected chi connectivity index (χ3v) is 3.70. The van der Waals surface area contributed by atoms with Gasteiger partial charge in [0.25, 0.3) is 0 Å². The van der Waals surface area contributed by atoms with E-state index >= 15 is 0 Å². The molecule has 0 saturated carbocycles. The van der Waals surface area contributed by atoms with Crippen molar-refractivity contribution in [2.75, 3.05) is 0 Å². The molecular weight excluding hydrogens is 236 g/mol. The third-order valence-electron chi connectivity index (χ3n) is 3.70. The summed E-state index contributed by atoms with van der Waals surface area (Å²) < 4.78 is 1.95. The standard InChI is InChI=1S/C16H30N2O/c1-4-7-8-9-10-11-12-16(19)15-13-14(5-2)17-18(15)6-3/h13,16,19H,4-12H2,1-3H3. The Balaban J connectivity index is 2.36. The fourth-order valence-corrected chi connectivity index (χ4v) is 2.45. The van der Waals surface area contributed by atoms with Crippen LogP contribution in [0.5, 0.6) is 0 Å². The van der Waals surface area contributed by atoms with E-state index in [4.69, 9.17) is 0 Å². The summed E-state index contributed by atoms with van der Waals surface area (Å²) >= 11 is 0. The monoisotopic (exact) mass is 266 g/mol. The van der Waals surface area contributed by atoms with Crippen LogP contribution in [0.1, 0.15) is 83.2 Å². The number of aromatic nitrogens is 2. The molecular formula is C16H30N2O. The molecule has 0 fully saturated rings. The van der Waals surface area contributed by atoms with E-state index in [9.17, 15) is 5.11 Å². The normalized spacial score (nSPS) is 12.8. The van der Waals surface area contributed by atoms with E-state index in [1.165, 1.54) is 32.1 Å². The number of aryl methyl sites for hydroxylation is 2. The highest BCUT2D eigenvalue weighted by molar-refractivity contribution is 5.13. The first-order valence-electron chi connectivity index (χ1n) is 7.97. The minimum atomic E-state index is -0.348. The molecule has 0 aliphatic carbocycles. The van der Waals surface area contributed by atoms with Crippen LogP contribution in [0.4, 0.5) is 0 Å². The number of hydrogen-bond donors (Lipinski definition) is 1. The highest BCUT2D eigenvalue weighted by atomic mass is 16.3. The maximum absolute atomic E-state index is 10.3. The molecule has 1 N–H and O–H groups in total. The molecule has 0 aliphatic heterocycles. The van der Waals surface area contributed by atoms with Crippen LogP contribution in [-0.4, -0.2) is 14.9 Å². The smallest absolute Gasteiger partial charge is 0.0956 e. The summed E-state index contributed by atoms with van der Waals surface area (Å²) in [7, 11) is 0. The van der Waals surface area contributed by atoms with Crippen LogP contribution in [0.2, 0.25) is 0 Å². The summed E-state index contributed by atoms with van der Waals surface area (Å²) in [5.41, 5.74) is 2.08. The Morgan fingerprint density at radius 2 is 1.79 bits per heavy atom. The summed E-state index contributed by atoms with van der Waals surface area (Å²) in [4.78, 5) is 0. The highest BCUT2D eigenvalue weighted by Gasteiger charge is 2.14. The highest BCUT2D eigenvalue weighted by Crippen LogP contribution is 2.21. The lowest BCUT2D eigenvalue weighted by Crippen LogP contribution is -2.08. The fraction of sp³-hybridized carbons (Fsp3) is 0.812. The molecule has 0 spiro atoms. The van der Waals surface area contributed by atoms with Crippen molar-refractivity contribution < 1.29 is 5.11 Å². The predicted octanol–water partition coefficient (Wildman–Crippen LogP) is 4.25. The first-order valence-corrected chi connectivity index (χ1v) is 7.97. The Bertz CT molecular complexity index is 347. The molecule has 110 valence electrons. The van der Waals surface area contributed by atoms with Gasteiger partial charge in [0.1, 0.15) is 0 Å². The van der Waals surface area contributed by atoms with Crippen molar-refractivity contribution in [3.8, 4) is 0 Å². The van der Waals surface area contributed by atoms with E-state index in [-0.39, 0.29) is 6.10 Å². The van der Waals surface area contributed by atoms with Crippen molar-refractivity contribution in [2.24, 2.45) is 0 Å². The molecule has 1 unspecified atom stereocenters. The van der Waals surface area contributed by atoms with Crippen LogP contribution in [-0.2, 0) is 13.0 Å². The van der Waals surface area contributed by atoms with Gasteiger partial charge in [0.05, 0.1) is 17.5 Å². The quantitative estimate of drug-likeness (QED) is 0.643. The summed E-state index contributed by atoms with van der Waals surface area (Å²) in [6.07, 6.45) is 9.05. The van der Waals surface area contributed by atoms with E-state index in [0.29, 0.717) is 0 Å². The Morgan fingerprint density at radius 3 is 2.42 bits per heavy atom. The van der Waals surface area contributed by atoms with Gasteiger partial charge in [-0.25, -0.2) is 0 Å². The van der Waals surface area contributed by atoms with Gasteiger partial charge in [-0.1, -0.05) is 52.4 Å². The molecule has 3 nitrogen and oxygen atoms in total. The molecule has 0 radical (unpaired) electrons. The van der Waals surface area contributed by atoms with Crippen molar-refractivity contribution in [3.63, 3.8) is 0 Å². The number of aliphatic hydroxyl groups excluding tert-OH is 1. The van der Waals surface area contributed by atoms with Crippen molar-refractivity contribution >= 4 is 0 Å². The maximum atomic E-state index is 10.3. The van der Waals surface area contributed by atoms with E-state index in [1.54, 1.807) is 0 Å². The Kier molecular flexibility index (Phi) is 7.80. The molecule has 3 heteroatoms. The number of unbranched alkanes of at least 4 members (excludes halogenated alkanes) is 5. The van der Waals surface area contributed by atoms with Crippen LogP contribution < -0.4 is 0 Å². The minimum Gasteiger partial charge on any atom is -0.387 e. The SMILES string of the molecule is CCCCCCCCC(O)c1cc(CC)nn1CC. The predicted molar refractivity (Wildman–Crippen MR) is 80.2 cm³/mol. The van der Waals surface area contributed by atoms with Gasteiger partial charge >= 0.3 is 0 Å². The third kappa shape index (κ3) is 5.35. The minimum absolute atomic E-state index is 0.348. The molecule has 0 aromatic carbocycles. The molecule has 1 aromatic heterocycles. The van der Waals surface area contributed by atoms with Gasteiger partial charge in [0.15, 0.2) is 0 Å². The molecule has 0 aliphatic rings. The number of rotatable bonds is 10. The van der Waals surface area contributed by atoms with Gasteiger partial charge < -0.3 is 5.11 Å². The molecule has 1 aromatic rings. The molecule has 0 bridgehead atoms. The van der Waals surface area contributed by atoms with E-state index in [2.05, 4.69) is 31.9 Å². The van der Waals surface area contributed by atoms with Gasteiger partial charge in [-0.15, -0.1) is 0 Å². The number of nitrogens with zero attached hydrogens (tertiary/aromatic N) is 2. The van der Waals surface area contributed by atoms with Crippen LogP contribution in [0, 0.1) is 0 Å². The van der Waals surface area contributed by atoms with Gasteiger partial charge in [0, 0.05) is 6.54 Å². The summed E-state index contributed by atoms with van der Waals surface area (Å²) in [6, 6.07) is 2.06. The largest absolute Gasteiger partial charge is 0.387 e. The van der Waals surface area contributed by atoms with E-state index < -0.39 is 0 Å². The number of aliphatic hydroxyl groups is 1. The number of hydrogen-bond acceptors (Lipinski definition) is 2. The van der Waals surface area contributed by atoms with Gasteiger partial charge in [-0.2, -0.15) is 5.10 Å². The molecule has 1 rings (SSSR count). The van der Waals surface area contributed by atoms with E-state index in [0.717, 1.165) is 37.2 Å². The maximum Gasteiger partial charge on any atom is 0.0956 e. The second-order valence-electron chi connectivity index (χ2n) is 5.30. The van der Waals surface area contributed by atoms with Gasteiger partial charge in [-0.3, -0.25) is 4.68 Å². The molecule has 0 saturated heterocycles.